The first-order valence-electron chi connectivity index (χ1n) is 4.53. The minimum Gasteiger partial charge on any atom is -0.442 e. The Morgan fingerprint density at radius 3 is 2.35 bits per heavy atom. The number of nitriles is 1. The highest BCUT2D eigenvalue weighted by atomic mass is 19.4. The number of hydrogen-bond donors (Lipinski definition) is 0. The average Bonchev–Trinajstić information content (AvgIpc) is 2.76. The summed E-state index contributed by atoms with van der Waals surface area (Å²) >= 11 is 0. The Morgan fingerprint density at radius 2 is 1.82 bits per heavy atom. The second-order valence-electron chi connectivity index (χ2n) is 3.22. The van der Waals surface area contributed by atoms with Crippen LogP contribution < -0.4 is 0 Å². The van der Waals surface area contributed by atoms with Gasteiger partial charge in [-0.1, -0.05) is 12.1 Å². The van der Waals surface area contributed by atoms with Crippen molar-refractivity contribution < 1.29 is 17.6 Å². The highest BCUT2D eigenvalue weighted by Crippen LogP contribution is 2.31. The second kappa shape index (κ2) is 3.94. The van der Waals surface area contributed by atoms with Gasteiger partial charge in [-0.05, 0) is 12.1 Å². The lowest BCUT2D eigenvalue weighted by Gasteiger charge is -2.06. The van der Waals surface area contributed by atoms with Crippen LogP contribution in [0.3, 0.4) is 0 Å². The Kier molecular flexibility index (Phi) is 2.60. The third-order valence-corrected chi connectivity index (χ3v) is 2.15. The van der Waals surface area contributed by atoms with Crippen molar-refractivity contribution in [2.75, 3.05) is 0 Å². The Balaban J connectivity index is 2.40. The third kappa shape index (κ3) is 2.13. The molecule has 0 aliphatic carbocycles. The summed E-state index contributed by atoms with van der Waals surface area (Å²) in [6, 6.07) is 6.13. The van der Waals surface area contributed by atoms with Gasteiger partial charge in [-0.2, -0.15) is 18.4 Å². The molecule has 0 amide bonds. The zero-order valence-electron chi connectivity index (χ0n) is 8.32. The first-order valence-corrected chi connectivity index (χ1v) is 4.53. The number of nitrogens with zero attached hydrogens (tertiary/aromatic N) is 2. The van der Waals surface area contributed by atoms with E-state index < -0.39 is 11.7 Å². The number of rotatable bonds is 1. The predicted molar refractivity (Wildman–Crippen MR) is 51.7 cm³/mol. The zero-order valence-corrected chi connectivity index (χ0v) is 8.32. The fourth-order valence-corrected chi connectivity index (χ4v) is 1.34. The van der Waals surface area contributed by atoms with Gasteiger partial charge in [-0.25, -0.2) is 4.98 Å². The molecule has 0 radical (unpaired) electrons. The summed E-state index contributed by atoms with van der Waals surface area (Å²) in [6.45, 7) is 0. The summed E-state index contributed by atoms with van der Waals surface area (Å²) < 4.78 is 41.9. The van der Waals surface area contributed by atoms with Gasteiger partial charge < -0.3 is 4.42 Å². The quantitative estimate of drug-likeness (QED) is 0.766. The number of oxazole rings is 1. The molecule has 3 nitrogen and oxygen atoms in total. The standard InChI is InChI=1S/C11H5F3N2O/c12-11(13,14)8-3-1-7(2-4-8)10-9(5-15)16-6-17-10/h1-4,6H. The normalized spacial score (nSPS) is 11.2. The Morgan fingerprint density at radius 1 is 1.18 bits per heavy atom. The van der Waals surface area contributed by atoms with E-state index in [2.05, 4.69) is 4.98 Å². The summed E-state index contributed by atoms with van der Waals surface area (Å²) in [5.41, 5.74) is -0.323. The van der Waals surface area contributed by atoms with Gasteiger partial charge in [-0.15, -0.1) is 0 Å². The molecule has 0 fully saturated rings. The van der Waals surface area contributed by atoms with E-state index >= 15 is 0 Å². The summed E-state index contributed by atoms with van der Waals surface area (Å²) in [7, 11) is 0. The highest BCUT2D eigenvalue weighted by Gasteiger charge is 2.30. The molecule has 2 aromatic rings. The molecule has 0 N–H and O–H groups in total. The molecule has 17 heavy (non-hydrogen) atoms. The maximum atomic E-state index is 12.3. The van der Waals surface area contributed by atoms with Crippen LogP contribution in [-0.2, 0) is 6.18 Å². The number of halogens is 3. The van der Waals surface area contributed by atoms with E-state index in [4.69, 9.17) is 9.68 Å². The third-order valence-electron chi connectivity index (χ3n) is 2.15. The number of hydrogen-bond acceptors (Lipinski definition) is 3. The Bertz CT molecular complexity index is 564. The van der Waals surface area contributed by atoms with E-state index in [1.807, 2.05) is 0 Å². The van der Waals surface area contributed by atoms with E-state index in [1.165, 1.54) is 12.1 Å². The summed E-state index contributed by atoms with van der Waals surface area (Å²) in [5, 5.41) is 8.70. The number of alkyl halides is 3. The van der Waals surface area contributed by atoms with Crippen molar-refractivity contribution in [1.29, 1.82) is 5.26 Å². The van der Waals surface area contributed by atoms with Gasteiger partial charge in [0.05, 0.1) is 5.56 Å². The van der Waals surface area contributed by atoms with Crippen LogP contribution in [-0.4, -0.2) is 4.98 Å². The summed E-state index contributed by atoms with van der Waals surface area (Å²) in [6.07, 6.45) is -3.30. The maximum absolute atomic E-state index is 12.3. The Hall–Kier alpha value is -2.29. The van der Waals surface area contributed by atoms with Gasteiger partial charge in [-0.3, -0.25) is 0 Å². The topological polar surface area (TPSA) is 49.8 Å². The summed E-state index contributed by atoms with van der Waals surface area (Å²) in [5.74, 6) is 0.168. The van der Waals surface area contributed by atoms with Crippen molar-refractivity contribution in [2.24, 2.45) is 0 Å². The van der Waals surface area contributed by atoms with Crippen LogP contribution in [0, 0.1) is 11.3 Å². The SMILES string of the molecule is N#Cc1ncoc1-c1ccc(C(F)(F)F)cc1. The fourth-order valence-electron chi connectivity index (χ4n) is 1.34. The van der Waals surface area contributed by atoms with Gasteiger partial charge in [0.2, 0.25) is 0 Å². The van der Waals surface area contributed by atoms with Crippen LogP contribution in [0.15, 0.2) is 35.1 Å². The van der Waals surface area contributed by atoms with E-state index in [1.54, 1.807) is 6.07 Å². The van der Waals surface area contributed by atoms with Crippen LogP contribution in [0.25, 0.3) is 11.3 Å². The molecule has 1 heterocycles. The number of aromatic nitrogens is 1. The van der Waals surface area contributed by atoms with E-state index in [0.29, 0.717) is 5.56 Å². The van der Waals surface area contributed by atoms with Crippen molar-refractivity contribution >= 4 is 0 Å². The predicted octanol–water partition coefficient (Wildman–Crippen LogP) is 3.23. The minimum absolute atomic E-state index is 0.0461. The molecule has 0 saturated heterocycles. The van der Waals surface area contributed by atoms with Crippen LogP contribution >= 0.6 is 0 Å². The molecule has 1 aromatic heterocycles. The van der Waals surface area contributed by atoms with E-state index in [-0.39, 0.29) is 11.5 Å². The molecule has 6 heteroatoms. The van der Waals surface area contributed by atoms with Crippen LogP contribution in [0.1, 0.15) is 11.3 Å². The molecule has 0 aliphatic rings. The smallest absolute Gasteiger partial charge is 0.416 e. The molecule has 0 unspecified atom stereocenters. The molecule has 2 rings (SSSR count). The molecule has 0 atom stereocenters. The van der Waals surface area contributed by atoms with E-state index in [0.717, 1.165) is 18.5 Å². The van der Waals surface area contributed by atoms with Crippen molar-refractivity contribution in [3.63, 3.8) is 0 Å². The van der Waals surface area contributed by atoms with Gasteiger partial charge >= 0.3 is 6.18 Å². The maximum Gasteiger partial charge on any atom is 0.416 e. The second-order valence-corrected chi connectivity index (χ2v) is 3.22. The fraction of sp³-hybridized carbons (Fsp3) is 0.0909. The summed E-state index contributed by atoms with van der Waals surface area (Å²) in [4.78, 5) is 3.63. The highest BCUT2D eigenvalue weighted by molar-refractivity contribution is 5.62. The molecule has 0 aliphatic heterocycles. The van der Waals surface area contributed by atoms with E-state index in [9.17, 15) is 13.2 Å². The van der Waals surface area contributed by atoms with Gasteiger partial charge in [0.25, 0.3) is 0 Å². The van der Waals surface area contributed by atoms with Gasteiger partial charge in [0, 0.05) is 5.56 Å². The van der Waals surface area contributed by atoms with Gasteiger partial charge in [0.15, 0.2) is 17.8 Å². The van der Waals surface area contributed by atoms with Crippen molar-refractivity contribution in [3.05, 3.63) is 41.9 Å². The number of benzene rings is 1. The molecular formula is C11H5F3N2O. The molecule has 86 valence electrons. The van der Waals surface area contributed by atoms with Crippen LogP contribution in [0.2, 0.25) is 0 Å². The lowest BCUT2D eigenvalue weighted by molar-refractivity contribution is -0.137. The lowest BCUT2D eigenvalue weighted by Crippen LogP contribution is -2.03. The zero-order chi connectivity index (χ0) is 12.5. The van der Waals surface area contributed by atoms with Crippen LogP contribution in [0.4, 0.5) is 13.2 Å². The first-order chi connectivity index (χ1) is 8.02. The Labute approximate surface area is 94.1 Å². The average molecular weight is 238 g/mol. The molecule has 0 saturated carbocycles. The molecule has 0 bridgehead atoms. The molecular weight excluding hydrogens is 233 g/mol. The first kappa shape index (κ1) is 11.2. The largest absolute Gasteiger partial charge is 0.442 e. The molecule has 0 spiro atoms. The van der Waals surface area contributed by atoms with Crippen LogP contribution in [0.5, 0.6) is 0 Å². The molecule has 1 aromatic carbocycles. The lowest BCUT2D eigenvalue weighted by atomic mass is 10.1. The van der Waals surface area contributed by atoms with Crippen molar-refractivity contribution in [1.82, 2.24) is 4.98 Å². The van der Waals surface area contributed by atoms with Gasteiger partial charge in [0.1, 0.15) is 6.07 Å². The van der Waals surface area contributed by atoms with Crippen molar-refractivity contribution in [3.8, 4) is 17.4 Å². The minimum atomic E-state index is -4.38. The monoisotopic (exact) mass is 238 g/mol. The van der Waals surface area contributed by atoms with Crippen molar-refractivity contribution in [2.45, 2.75) is 6.18 Å².